The average Bonchev–Trinajstić information content (AvgIpc) is 2.93. The van der Waals surface area contributed by atoms with Crippen LogP contribution in [0.4, 0.5) is 5.69 Å². The summed E-state index contributed by atoms with van der Waals surface area (Å²) in [4.78, 5) is 24.6. The predicted molar refractivity (Wildman–Crippen MR) is 73.4 cm³/mol. The first-order valence-corrected chi connectivity index (χ1v) is 6.45. The van der Waals surface area contributed by atoms with Crippen LogP contribution in [0.15, 0.2) is 40.8 Å². The molecule has 6 nitrogen and oxygen atoms in total. The minimum Gasteiger partial charge on any atom is -0.479 e. The fourth-order valence-corrected chi connectivity index (χ4v) is 2.26. The summed E-state index contributed by atoms with van der Waals surface area (Å²) in [5, 5.41) is 8.86. The van der Waals surface area contributed by atoms with Gasteiger partial charge in [-0.1, -0.05) is 12.1 Å². The molecule has 1 aromatic heterocycles. The summed E-state index contributed by atoms with van der Waals surface area (Å²) in [6.07, 6.45) is -0.589. The lowest BCUT2D eigenvalue weighted by Gasteiger charge is -2.32. The van der Waals surface area contributed by atoms with E-state index in [1.807, 2.05) is 12.1 Å². The van der Waals surface area contributed by atoms with Crippen molar-refractivity contribution in [2.24, 2.45) is 0 Å². The number of amides is 1. The van der Waals surface area contributed by atoms with Crippen molar-refractivity contribution in [3.8, 4) is 5.75 Å². The number of aromatic carboxylic acids is 1. The van der Waals surface area contributed by atoms with E-state index >= 15 is 0 Å². The molecule has 3 rings (SSSR count). The van der Waals surface area contributed by atoms with Crippen LogP contribution in [-0.2, 0) is 11.3 Å². The van der Waals surface area contributed by atoms with Crippen LogP contribution >= 0.6 is 0 Å². The van der Waals surface area contributed by atoms with Crippen molar-refractivity contribution in [3.05, 3.63) is 47.9 Å². The molecule has 2 aromatic rings. The van der Waals surface area contributed by atoms with Crippen LogP contribution in [0.5, 0.6) is 5.75 Å². The Morgan fingerprint density at radius 2 is 2.05 bits per heavy atom. The minimum atomic E-state index is -1.14. The molecule has 1 atom stereocenters. The van der Waals surface area contributed by atoms with Gasteiger partial charge in [0.25, 0.3) is 5.91 Å². The van der Waals surface area contributed by atoms with E-state index in [9.17, 15) is 9.59 Å². The van der Waals surface area contributed by atoms with E-state index in [1.165, 1.54) is 11.0 Å². The predicted octanol–water partition coefficient (Wildman–Crippen LogP) is 2.29. The van der Waals surface area contributed by atoms with Gasteiger partial charge in [0.2, 0.25) is 5.76 Å². The molecule has 1 amide bonds. The maximum atomic E-state index is 12.3. The Morgan fingerprint density at radius 3 is 2.76 bits per heavy atom. The second-order valence-electron chi connectivity index (χ2n) is 4.72. The summed E-state index contributed by atoms with van der Waals surface area (Å²) in [7, 11) is 0. The molecule has 1 aromatic carbocycles. The van der Waals surface area contributed by atoms with Crippen LogP contribution in [0.1, 0.15) is 23.2 Å². The first kappa shape index (κ1) is 13.2. The topological polar surface area (TPSA) is 80.0 Å². The van der Waals surface area contributed by atoms with Gasteiger partial charge < -0.3 is 14.3 Å². The van der Waals surface area contributed by atoms with Gasteiger partial charge in [-0.2, -0.15) is 0 Å². The second kappa shape index (κ2) is 4.97. The molecule has 1 N–H and O–H groups in total. The highest BCUT2D eigenvalue weighted by Crippen LogP contribution is 2.34. The Labute approximate surface area is 120 Å². The Morgan fingerprint density at radius 1 is 1.29 bits per heavy atom. The molecular weight excluding hydrogens is 274 g/mol. The average molecular weight is 287 g/mol. The van der Waals surface area contributed by atoms with Gasteiger partial charge in [0, 0.05) is 0 Å². The highest BCUT2D eigenvalue weighted by molar-refractivity contribution is 5.99. The number of hydrogen-bond acceptors (Lipinski definition) is 4. The highest BCUT2D eigenvalue weighted by Gasteiger charge is 2.31. The zero-order chi connectivity index (χ0) is 15.0. The standard InChI is InChI=1S/C15H13NO5/c1-9-14(17)16(11-4-2-3-5-12(11)20-9)8-10-6-7-13(21-10)15(18)19/h2-7,9H,8H2,1H3,(H,18,19). The van der Waals surface area contributed by atoms with Gasteiger partial charge in [-0.05, 0) is 31.2 Å². The molecule has 108 valence electrons. The molecule has 1 aliphatic heterocycles. The lowest BCUT2D eigenvalue weighted by Crippen LogP contribution is -2.43. The number of nitrogens with zero attached hydrogens (tertiary/aromatic N) is 1. The van der Waals surface area contributed by atoms with Gasteiger partial charge in [0.15, 0.2) is 6.10 Å². The Kier molecular flexibility index (Phi) is 3.13. The smallest absolute Gasteiger partial charge is 0.371 e. The van der Waals surface area contributed by atoms with E-state index < -0.39 is 12.1 Å². The quantitative estimate of drug-likeness (QED) is 0.936. The molecule has 21 heavy (non-hydrogen) atoms. The van der Waals surface area contributed by atoms with E-state index in [0.717, 1.165) is 0 Å². The maximum absolute atomic E-state index is 12.3. The van der Waals surface area contributed by atoms with Gasteiger partial charge in [0.05, 0.1) is 12.2 Å². The molecule has 2 heterocycles. The first-order valence-electron chi connectivity index (χ1n) is 6.45. The second-order valence-corrected chi connectivity index (χ2v) is 4.72. The minimum absolute atomic E-state index is 0.146. The van der Waals surface area contributed by atoms with Crippen molar-refractivity contribution in [2.75, 3.05) is 4.90 Å². The Balaban J connectivity index is 1.92. The number of fused-ring (bicyclic) bond motifs is 1. The monoisotopic (exact) mass is 287 g/mol. The number of para-hydroxylation sites is 2. The van der Waals surface area contributed by atoms with E-state index in [4.69, 9.17) is 14.3 Å². The van der Waals surface area contributed by atoms with Crippen LogP contribution in [0, 0.1) is 0 Å². The third kappa shape index (κ3) is 2.35. The Bertz CT molecular complexity index is 706. The van der Waals surface area contributed by atoms with Gasteiger partial charge >= 0.3 is 5.97 Å². The van der Waals surface area contributed by atoms with Crippen molar-refractivity contribution in [1.82, 2.24) is 0 Å². The number of hydrogen-bond donors (Lipinski definition) is 1. The van der Waals surface area contributed by atoms with E-state index in [2.05, 4.69) is 0 Å². The highest BCUT2D eigenvalue weighted by atomic mass is 16.5. The van der Waals surface area contributed by atoms with Crippen LogP contribution in [0.3, 0.4) is 0 Å². The molecule has 6 heteroatoms. The summed E-state index contributed by atoms with van der Waals surface area (Å²) in [5.74, 6) is -0.448. The van der Waals surface area contributed by atoms with Crippen LogP contribution in [-0.4, -0.2) is 23.1 Å². The molecule has 0 fully saturated rings. The summed E-state index contributed by atoms with van der Waals surface area (Å²) in [5.41, 5.74) is 0.647. The van der Waals surface area contributed by atoms with Crippen molar-refractivity contribution in [1.29, 1.82) is 0 Å². The van der Waals surface area contributed by atoms with E-state index in [-0.39, 0.29) is 18.2 Å². The van der Waals surface area contributed by atoms with Crippen LogP contribution < -0.4 is 9.64 Å². The van der Waals surface area contributed by atoms with Crippen molar-refractivity contribution < 1.29 is 23.8 Å². The number of benzene rings is 1. The first-order chi connectivity index (χ1) is 10.1. The van der Waals surface area contributed by atoms with Crippen molar-refractivity contribution in [3.63, 3.8) is 0 Å². The molecule has 0 saturated heterocycles. The fourth-order valence-electron chi connectivity index (χ4n) is 2.26. The number of carbonyl (C=O) groups excluding carboxylic acids is 1. The molecule has 0 spiro atoms. The van der Waals surface area contributed by atoms with Gasteiger partial charge in [0.1, 0.15) is 11.5 Å². The molecule has 0 aliphatic carbocycles. The molecular formula is C15H13NO5. The SMILES string of the molecule is CC1Oc2ccccc2N(Cc2ccc(C(=O)O)o2)C1=O. The zero-order valence-electron chi connectivity index (χ0n) is 11.3. The normalized spacial score (nSPS) is 17.3. The summed E-state index contributed by atoms with van der Waals surface area (Å²) < 4.78 is 10.8. The van der Waals surface area contributed by atoms with Crippen molar-refractivity contribution in [2.45, 2.75) is 19.6 Å². The van der Waals surface area contributed by atoms with Crippen molar-refractivity contribution >= 4 is 17.6 Å². The zero-order valence-corrected chi connectivity index (χ0v) is 11.3. The lowest BCUT2D eigenvalue weighted by molar-refractivity contribution is -0.125. The largest absolute Gasteiger partial charge is 0.479 e. The maximum Gasteiger partial charge on any atom is 0.371 e. The van der Waals surface area contributed by atoms with Gasteiger partial charge in [-0.25, -0.2) is 4.79 Å². The van der Waals surface area contributed by atoms with Crippen LogP contribution in [0.25, 0.3) is 0 Å². The van der Waals surface area contributed by atoms with Crippen LogP contribution in [0.2, 0.25) is 0 Å². The van der Waals surface area contributed by atoms with E-state index in [0.29, 0.717) is 17.2 Å². The number of ether oxygens (including phenoxy) is 1. The fraction of sp³-hybridized carbons (Fsp3) is 0.200. The van der Waals surface area contributed by atoms with Gasteiger partial charge in [-0.3, -0.25) is 9.69 Å². The molecule has 0 radical (unpaired) electrons. The van der Waals surface area contributed by atoms with E-state index in [1.54, 1.807) is 25.1 Å². The molecule has 1 unspecified atom stereocenters. The number of carboxylic acids is 1. The molecule has 0 saturated carbocycles. The summed E-state index contributed by atoms with van der Waals surface area (Å²) in [6.45, 7) is 1.84. The summed E-state index contributed by atoms with van der Waals surface area (Å²) in [6, 6.07) is 10.1. The molecule has 1 aliphatic rings. The number of anilines is 1. The number of carbonyl (C=O) groups is 2. The summed E-state index contributed by atoms with van der Waals surface area (Å²) >= 11 is 0. The third-order valence-electron chi connectivity index (χ3n) is 3.26. The third-order valence-corrected chi connectivity index (χ3v) is 3.26. The number of rotatable bonds is 3. The van der Waals surface area contributed by atoms with Gasteiger partial charge in [-0.15, -0.1) is 0 Å². The molecule has 0 bridgehead atoms. The number of carboxylic acid groups (broad SMARTS) is 1. The lowest BCUT2D eigenvalue weighted by atomic mass is 10.2. The Hall–Kier alpha value is -2.76. The number of furan rings is 1.